The average molecular weight is 285 g/mol. The molecule has 3 heterocycles. The van der Waals surface area contributed by atoms with Crippen molar-refractivity contribution in [1.82, 2.24) is 25.1 Å². The van der Waals surface area contributed by atoms with Gasteiger partial charge in [0, 0.05) is 31.4 Å². The highest BCUT2D eigenvalue weighted by Crippen LogP contribution is 2.21. The molecule has 0 radical (unpaired) electrons. The van der Waals surface area contributed by atoms with E-state index in [2.05, 4.69) is 45.0 Å². The Kier molecular flexibility index (Phi) is 4.29. The Balaban J connectivity index is 1.74. The second kappa shape index (κ2) is 6.35. The van der Waals surface area contributed by atoms with Gasteiger partial charge in [0.15, 0.2) is 0 Å². The Morgan fingerprint density at radius 3 is 2.86 bits per heavy atom. The van der Waals surface area contributed by atoms with E-state index in [1.807, 2.05) is 12.3 Å². The number of nitrogens with zero attached hydrogens (tertiary/aromatic N) is 4. The summed E-state index contributed by atoms with van der Waals surface area (Å²) in [6, 6.07) is 4.50. The molecule has 2 aromatic rings. The molecular weight excluding hydrogens is 262 g/mol. The van der Waals surface area contributed by atoms with Crippen LogP contribution in [0.5, 0.6) is 0 Å². The Morgan fingerprint density at radius 1 is 1.14 bits per heavy atom. The molecule has 3 rings (SSSR count). The summed E-state index contributed by atoms with van der Waals surface area (Å²) in [6.45, 7) is 5.37. The summed E-state index contributed by atoms with van der Waals surface area (Å²) >= 11 is 0. The Hall–Kier alpha value is -1.75. The minimum Gasteiger partial charge on any atom is -0.314 e. The summed E-state index contributed by atoms with van der Waals surface area (Å²) in [6.07, 6.45) is 8.51. The number of hydrogen-bond donors (Lipinski definition) is 1. The number of pyridine rings is 1. The lowest BCUT2D eigenvalue weighted by molar-refractivity contribution is 0.452. The van der Waals surface area contributed by atoms with E-state index in [0.29, 0.717) is 0 Å². The summed E-state index contributed by atoms with van der Waals surface area (Å²) in [5, 5.41) is 12.4. The van der Waals surface area contributed by atoms with Crippen LogP contribution in [0, 0.1) is 0 Å². The zero-order valence-electron chi connectivity index (χ0n) is 12.8. The second-order valence-electron chi connectivity index (χ2n) is 5.83. The molecule has 2 atom stereocenters. The zero-order valence-corrected chi connectivity index (χ0v) is 12.8. The van der Waals surface area contributed by atoms with Crippen LogP contribution < -0.4 is 5.32 Å². The van der Waals surface area contributed by atoms with E-state index in [1.165, 1.54) is 24.8 Å². The molecular formula is C16H23N5. The third kappa shape index (κ3) is 3.13. The maximum atomic E-state index is 4.42. The van der Waals surface area contributed by atoms with E-state index >= 15 is 0 Å². The highest BCUT2D eigenvalue weighted by molar-refractivity contribution is 5.14. The third-order valence-corrected chi connectivity index (χ3v) is 4.21. The quantitative estimate of drug-likeness (QED) is 0.938. The van der Waals surface area contributed by atoms with E-state index < -0.39 is 0 Å². The van der Waals surface area contributed by atoms with Crippen molar-refractivity contribution < 1.29 is 0 Å². The molecule has 0 aromatic carbocycles. The first-order chi connectivity index (χ1) is 10.3. The summed E-state index contributed by atoms with van der Waals surface area (Å²) in [5.41, 5.74) is 1.19. The largest absolute Gasteiger partial charge is 0.314 e. The van der Waals surface area contributed by atoms with E-state index in [-0.39, 0.29) is 12.1 Å². The van der Waals surface area contributed by atoms with Crippen molar-refractivity contribution in [3.8, 4) is 0 Å². The predicted molar refractivity (Wildman–Crippen MR) is 81.8 cm³/mol. The van der Waals surface area contributed by atoms with Crippen LogP contribution in [0.1, 0.15) is 62.4 Å². The van der Waals surface area contributed by atoms with Crippen molar-refractivity contribution in [2.45, 2.75) is 58.2 Å². The van der Waals surface area contributed by atoms with Gasteiger partial charge in [-0.05, 0) is 38.3 Å². The van der Waals surface area contributed by atoms with Crippen LogP contribution in [-0.4, -0.2) is 19.7 Å². The highest BCUT2D eigenvalue weighted by Gasteiger charge is 2.20. The van der Waals surface area contributed by atoms with Crippen molar-refractivity contribution >= 4 is 0 Å². The standard InChI is InChI=1S/C16H23N5/c1-12(14-7-6-9-17-11-14)18-13(2)16-20-19-15-8-4-3-5-10-21(15)16/h6-7,9,11-13,18H,3-5,8,10H2,1-2H3. The predicted octanol–water partition coefficient (Wildman–Crippen LogP) is 2.81. The first-order valence-corrected chi connectivity index (χ1v) is 7.83. The van der Waals surface area contributed by atoms with Gasteiger partial charge in [-0.1, -0.05) is 12.5 Å². The van der Waals surface area contributed by atoms with Gasteiger partial charge in [0.05, 0.1) is 6.04 Å². The minimum atomic E-state index is 0.180. The van der Waals surface area contributed by atoms with Crippen LogP contribution >= 0.6 is 0 Å². The fraction of sp³-hybridized carbons (Fsp3) is 0.562. The maximum absolute atomic E-state index is 4.42. The van der Waals surface area contributed by atoms with Crippen molar-refractivity contribution in [2.24, 2.45) is 0 Å². The lowest BCUT2D eigenvalue weighted by atomic mass is 10.1. The molecule has 5 nitrogen and oxygen atoms in total. The maximum Gasteiger partial charge on any atom is 0.149 e. The molecule has 5 heteroatoms. The number of aryl methyl sites for hydroxylation is 1. The van der Waals surface area contributed by atoms with Gasteiger partial charge >= 0.3 is 0 Å². The molecule has 1 aliphatic heterocycles. The first-order valence-electron chi connectivity index (χ1n) is 7.83. The zero-order chi connectivity index (χ0) is 14.7. The van der Waals surface area contributed by atoms with Crippen molar-refractivity contribution in [3.63, 3.8) is 0 Å². The smallest absolute Gasteiger partial charge is 0.149 e. The van der Waals surface area contributed by atoms with E-state index in [0.717, 1.165) is 24.6 Å². The summed E-state index contributed by atoms with van der Waals surface area (Å²) in [5.74, 6) is 2.20. The molecule has 1 N–H and O–H groups in total. The van der Waals surface area contributed by atoms with Crippen LogP contribution in [0.25, 0.3) is 0 Å². The van der Waals surface area contributed by atoms with Gasteiger partial charge in [0.2, 0.25) is 0 Å². The highest BCUT2D eigenvalue weighted by atomic mass is 15.3. The molecule has 2 unspecified atom stereocenters. The molecule has 0 saturated heterocycles. The number of nitrogens with one attached hydrogen (secondary N) is 1. The Labute approximate surface area is 125 Å². The van der Waals surface area contributed by atoms with Crippen LogP contribution in [0.4, 0.5) is 0 Å². The fourth-order valence-electron chi connectivity index (χ4n) is 3.01. The van der Waals surface area contributed by atoms with Gasteiger partial charge in [-0.3, -0.25) is 4.98 Å². The Bertz CT molecular complexity index is 578. The molecule has 0 spiro atoms. The molecule has 0 fully saturated rings. The lowest BCUT2D eigenvalue weighted by Gasteiger charge is -2.20. The molecule has 1 aliphatic rings. The van der Waals surface area contributed by atoms with Crippen molar-refractivity contribution in [1.29, 1.82) is 0 Å². The summed E-state index contributed by atoms with van der Waals surface area (Å²) in [7, 11) is 0. The third-order valence-electron chi connectivity index (χ3n) is 4.21. The topological polar surface area (TPSA) is 55.6 Å². The minimum absolute atomic E-state index is 0.180. The van der Waals surface area contributed by atoms with Crippen LogP contribution in [0.15, 0.2) is 24.5 Å². The molecule has 0 amide bonds. The van der Waals surface area contributed by atoms with Gasteiger partial charge in [-0.25, -0.2) is 0 Å². The molecule has 0 bridgehead atoms. The van der Waals surface area contributed by atoms with Gasteiger partial charge in [-0.2, -0.15) is 0 Å². The molecule has 112 valence electrons. The van der Waals surface area contributed by atoms with Crippen LogP contribution in [-0.2, 0) is 13.0 Å². The monoisotopic (exact) mass is 285 g/mol. The number of fused-ring (bicyclic) bond motifs is 1. The van der Waals surface area contributed by atoms with Crippen LogP contribution in [0.3, 0.4) is 0 Å². The number of aromatic nitrogens is 4. The van der Waals surface area contributed by atoms with E-state index in [1.54, 1.807) is 6.20 Å². The van der Waals surface area contributed by atoms with Gasteiger partial charge < -0.3 is 9.88 Å². The van der Waals surface area contributed by atoms with Gasteiger partial charge in [0.1, 0.15) is 11.6 Å². The van der Waals surface area contributed by atoms with Gasteiger partial charge in [0.25, 0.3) is 0 Å². The van der Waals surface area contributed by atoms with E-state index in [4.69, 9.17) is 0 Å². The van der Waals surface area contributed by atoms with E-state index in [9.17, 15) is 0 Å². The molecule has 0 saturated carbocycles. The second-order valence-corrected chi connectivity index (χ2v) is 5.83. The normalized spacial score (nSPS) is 17.8. The van der Waals surface area contributed by atoms with Crippen molar-refractivity contribution in [3.05, 3.63) is 41.7 Å². The lowest BCUT2D eigenvalue weighted by Crippen LogP contribution is -2.25. The molecule has 21 heavy (non-hydrogen) atoms. The number of rotatable bonds is 4. The van der Waals surface area contributed by atoms with Crippen LogP contribution in [0.2, 0.25) is 0 Å². The fourth-order valence-corrected chi connectivity index (χ4v) is 3.01. The SMILES string of the molecule is CC(NC(C)c1nnc2n1CCCCC2)c1cccnc1. The Morgan fingerprint density at radius 2 is 2.05 bits per heavy atom. The number of hydrogen-bond acceptors (Lipinski definition) is 4. The summed E-state index contributed by atoms with van der Waals surface area (Å²) < 4.78 is 2.31. The first kappa shape index (κ1) is 14.2. The van der Waals surface area contributed by atoms with Crippen molar-refractivity contribution in [2.75, 3.05) is 0 Å². The average Bonchev–Trinajstić information content (AvgIpc) is 2.77. The summed E-state index contributed by atoms with van der Waals surface area (Å²) in [4.78, 5) is 4.19. The van der Waals surface area contributed by atoms with Gasteiger partial charge in [-0.15, -0.1) is 10.2 Å². The molecule has 2 aromatic heterocycles. The molecule has 0 aliphatic carbocycles.